The number of imidazole rings is 1. The van der Waals surface area contributed by atoms with Gasteiger partial charge in [0, 0.05) is 6.07 Å². The van der Waals surface area contributed by atoms with Gasteiger partial charge in [0.05, 0.1) is 22.6 Å². The van der Waals surface area contributed by atoms with E-state index in [1.165, 1.54) is 11.6 Å². The van der Waals surface area contributed by atoms with Crippen molar-refractivity contribution in [2.24, 2.45) is 0 Å². The molecule has 21 heavy (non-hydrogen) atoms. The number of fused-ring (bicyclic) bond motifs is 1. The van der Waals surface area contributed by atoms with Gasteiger partial charge in [0.1, 0.15) is 11.6 Å². The van der Waals surface area contributed by atoms with Crippen LogP contribution in [0.25, 0.3) is 16.7 Å². The first kappa shape index (κ1) is 14.1. The number of hydrogen-bond acceptors (Lipinski definition) is 1. The molecule has 0 fully saturated rings. The van der Waals surface area contributed by atoms with Gasteiger partial charge in [0.2, 0.25) is 0 Å². The van der Waals surface area contributed by atoms with Crippen LogP contribution in [0.1, 0.15) is 22.5 Å². The zero-order valence-corrected chi connectivity index (χ0v) is 13.0. The molecule has 0 saturated heterocycles. The Labute approximate surface area is 128 Å². The highest BCUT2D eigenvalue weighted by Crippen LogP contribution is 2.27. The summed E-state index contributed by atoms with van der Waals surface area (Å²) in [6.45, 7) is 5.88. The monoisotopic (exact) mass is 302 g/mol. The second-order valence-electron chi connectivity index (χ2n) is 5.38. The lowest BCUT2D eigenvalue weighted by atomic mass is 10.1. The molecule has 0 aliphatic carbocycles. The van der Waals surface area contributed by atoms with Crippen molar-refractivity contribution < 1.29 is 4.39 Å². The molecular formula is C17H16ClFN2. The lowest BCUT2D eigenvalue weighted by Crippen LogP contribution is -2.02. The molecule has 0 spiro atoms. The van der Waals surface area contributed by atoms with E-state index in [2.05, 4.69) is 37.0 Å². The van der Waals surface area contributed by atoms with Gasteiger partial charge in [0.25, 0.3) is 0 Å². The third-order valence-corrected chi connectivity index (χ3v) is 3.96. The Hall–Kier alpha value is -1.87. The molecule has 3 rings (SSSR count). The number of hydrogen-bond donors (Lipinski definition) is 0. The summed E-state index contributed by atoms with van der Waals surface area (Å²) in [5, 5.41) is 0. The maximum Gasteiger partial charge on any atom is 0.129 e. The SMILES string of the molecule is Cc1ccc(-n2c(CCl)nc3cc(F)c(C)cc32)c(C)c1. The van der Waals surface area contributed by atoms with Crippen molar-refractivity contribution in [3.05, 3.63) is 58.7 Å². The summed E-state index contributed by atoms with van der Waals surface area (Å²) in [5.41, 5.74) is 5.50. The normalized spacial score (nSPS) is 11.3. The van der Waals surface area contributed by atoms with E-state index in [1.807, 2.05) is 10.6 Å². The van der Waals surface area contributed by atoms with Crippen LogP contribution >= 0.6 is 11.6 Å². The molecule has 1 aromatic heterocycles. The van der Waals surface area contributed by atoms with Crippen LogP contribution in [-0.2, 0) is 5.88 Å². The van der Waals surface area contributed by atoms with Crippen molar-refractivity contribution in [1.29, 1.82) is 0 Å². The topological polar surface area (TPSA) is 17.8 Å². The van der Waals surface area contributed by atoms with Gasteiger partial charge in [-0.1, -0.05) is 17.7 Å². The summed E-state index contributed by atoms with van der Waals surface area (Å²) in [5.74, 6) is 0.764. The summed E-state index contributed by atoms with van der Waals surface area (Å²) in [6.07, 6.45) is 0. The number of benzene rings is 2. The summed E-state index contributed by atoms with van der Waals surface area (Å²) >= 11 is 6.04. The molecule has 1 heterocycles. The van der Waals surface area contributed by atoms with E-state index >= 15 is 0 Å². The first-order chi connectivity index (χ1) is 10.0. The van der Waals surface area contributed by atoms with Crippen molar-refractivity contribution in [2.45, 2.75) is 26.7 Å². The average Bonchev–Trinajstić information content (AvgIpc) is 2.77. The van der Waals surface area contributed by atoms with Gasteiger partial charge in [-0.25, -0.2) is 9.37 Å². The third kappa shape index (κ3) is 2.32. The molecule has 0 aliphatic rings. The molecule has 108 valence electrons. The Morgan fingerprint density at radius 3 is 2.52 bits per heavy atom. The van der Waals surface area contributed by atoms with Crippen LogP contribution < -0.4 is 0 Å². The van der Waals surface area contributed by atoms with E-state index in [4.69, 9.17) is 11.6 Å². The standard InChI is InChI=1S/C17H16ClFN2/c1-10-4-5-15(12(3)6-10)21-16-7-11(2)13(19)8-14(16)20-17(21)9-18/h4-8H,9H2,1-3H3. The summed E-state index contributed by atoms with van der Waals surface area (Å²) in [6, 6.07) is 9.53. The van der Waals surface area contributed by atoms with E-state index in [0.717, 1.165) is 22.6 Å². The van der Waals surface area contributed by atoms with Crippen molar-refractivity contribution in [1.82, 2.24) is 9.55 Å². The van der Waals surface area contributed by atoms with E-state index in [-0.39, 0.29) is 11.7 Å². The maximum absolute atomic E-state index is 13.7. The van der Waals surface area contributed by atoms with Gasteiger partial charge in [0.15, 0.2) is 0 Å². The highest BCUT2D eigenvalue weighted by molar-refractivity contribution is 6.17. The van der Waals surface area contributed by atoms with Crippen molar-refractivity contribution >= 4 is 22.6 Å². The van der Waals surface area contributed by atoms with Gasteiger partial charge < -0.3 is 0 Å². The minimum atomic E-state index is -0.242. The number of rotatable bonds is 2. The summed E-state index contributed by atoms with van der Waals surface area (Å²) in [4.78, 5) is 4.46. The van der Waals surface area contributed by atoms with Gasteiger partial charge in [-0.05, 0) is 44.0 Å². The summed E-state index contributed by atoms with van der Waals surface area (Å²) < 4.78 is 15.8. The van der Waals surface area contributed by atoms with Gasteiger partial charge in [-0.3, -0.25) is 4.57 Å². The van der Waals surface area contributed by atoms with E-state index < -0.39 is 0 Å². The Balaban J connectivity index is 2.37. The maximum atomic E-state index is 13.7. The average molecular weight is 303 g/mol. The number of nitrogens with zero attached hydrogens (tertiary/aromatic N) is 2. The highest BCUT2D eigenvalue weighted by atomic mass is 35.5. The van der Waals surface area contributed by atoms with Crippen LogP contribution in [-0.4, -0.2) is 9.55 Å². The molecule has 0 atom stereocenters. The van der Waals surface area contributed by atoms with Crippen molar-refractivity contribution in [3.63, 3.8) is 0 Å². The van der Waals surface area contributed by atoms with Gasteiger partial charge in [-0.15, -0.1) is 11.6 Å². The second kappa shape index (κ2) is 5.15. The van der Waals surface area contributed by atoms with E-state index in [1.54, 1.807) is 6.92 Å². The number of halogens is 2. The van der Waals surface area contributed by atoms with Crippen LogP contribution in [0.5, 0.6) is 0 Å². The fraction of sp³-hybridized carbons (Fsp3) is 0.235. The molecular weight excluding hydrogens is 287 g/mol. The van der Waals surface area contributed by atoms with Crippen LogP contribution in [0.4, 0.5) is 4.39 Å². The van der Waals surface area contributed by atoms with Gasteiger partial charge >= 0.3 is 0 Å². The van der Waals surface area contributed by atoms with E-state index in [0.29, 0.717) is 11.1 Å². The molecule has 0 aliphatic heterocycles. The molecule has 2 nitrogen and oxygen atoms in total. The minimum absolute atomic E-state index is 0.242. The number of aryl methyl sites for hydroxylation is 3. The van der Waals surface area contributed by atoms with Crippen LogP contribution in [0, 0.1) is 26.6 Å². The predicted molar refractivity (Wildman–Crippen MR) is 84.8 cm³/mol. The fourth-order valence-corrected chi connectivity index (χ4v) is 2.85. The minimum Gasteiger partial charge on any atom is -0.295 e. The first-order valence-electron chi connectivity index (χ1n) is 6.82. The molecule has 0 radical (unpaired) electrons. The van der Waals surface area contributed by atoms with Crippen molar-refractivity contribution in [3.8, 4) is 5.69 Å². The van der Waals surface area contributed by atoms with Crippen LogP contribution in [0.2, 0.25) is 0 Å². The van der Waals surface area contributed by atoms with E-state index in [9.17, 15) is 4.39 Å². The smallest absolute Gasteiger partial charge is 0.129 e. The molecule has 0 saturated carbocycles. The molecule has 0 N–H and O–H groups in total. The molecule has 2 aromatic carbocycles. The molecule has 4 heteroatoms. The lowest BCUT2D eigenvalue weighted by molar-refractivity contribution is 0.620. The third-order valence-electron chi connectivity index (χ3n) is 3.72. The van der Waals surface area contributed by atoms with Gasteiger partial charge in [-0.2, -0.15) is 0 Å². The summed E-state index contributed by atoms with van der Waals surface area (Å²) in [7, 11) is 0. The highest BCUT2D eigenvalue weighted by Gasteiger charge is 2.15. The van der Waals surface area contributed by atoms with Crippen LogP contribution in [0.3, 0.4) is 0 Å². The Morgan fingerprint density at radius 1 is 1.10 bits per heavy atom. The molecule has 0 bridgehead atoms. The fourth-order valence-electron chi connectivity index (χ4n) is 2.67. The quantitative estimate of drug-likeness (QED) is 0.620. The molecule has 0 unspecified atom stereocenters. The predicted octanol–water partition coefficient (Wildman–Crippen LogP) is 4.83. The number of alkyl halides is 1. The Bertz CT molecular complexity index is 836. The molecule has 3 aromatic rings. The lowest BCUT2D eigenvalue weighted by Gasteiger charge is -2.12. The Morgan fingerprint density at radius 2 is 1.86 bits per heavy atom. The molecule has 0 amide bonds. The zero-order valence-electron chi connectivity index (χ0n) is 12.2. The zero-order chi connectivity index (χ0) is 15.1. The largest absolute Gasteiger partial charge is 0.295 e. The number of aromatic nitrogens is 2. The Kier molecular flexibility index (Phi) is 3.46. The van der Waals surface area contributed by atoms with Crippen molar-refractivity contribution in [2.75, 3.05) is 0 Å². The van der Waals surface area contributed by atoms with Crippen LogP contribution in [0.15, 0.2) is 30.3 Å². The first-order valence-corrected chi connectivity index (χ1v) is 7.36. The second-order valence-corrected chi connectivity index (χ2v) is 5.64.